The summed E-state index contributed by atoms with van der Waals surface area (Å²) < 4.78 is 17.6. The maximum absolute atomic E-state index is 13.4. The van der Waals surface area contributed by atoms with Crippen molar-refractivity contribution in [2.24, 2.45) is 5.92 Å². The topological polar surface area (TPSA) is 81.9 Å². The van der Waals surface area contributed by atoms with Crippen LogP contribution in [0.1, 0.15) is 74.1 Å². The Bertz CT molecular complexity index is 1400. The first-order chi connectivity index (χ1) is 18.6. The number of fused-ring (bicyclic) bond motifs is 2. The Morgan fingerprint density at radius 2 is 1.77 bits per heavy atom. The van der Waals surface area contributed by atoms with Crippen LogP contribution in [-0.2, 0) is 20.9 Å². The second-order valence-corrected chi connectivity index (χ2v) is 12.4. The Labute approximate surface area is 237 Å². The van der Waals surface area contributed by atoms with Gasteiger partial charge in [-0.2, -0.15) is 0 Å². The summed E-state index contributed by atoms with van der Waals surface area (Å²) in [5, 5.41) is 5.34. The van der Waals surface area contributed by atoms with Gasteiger partial charge in [0.15, 0.2) is 0 Å². The van der Waals surface area contributed by atoms with Crippen molar-refractivity contribution >= 4 is 40.8 Å². The van der Waals surface area contributed by atoms with E-state index in [4.69, 9.17) is 37.2 Å². The van der Waals surface area contributed by atoms with Crippen molar-refractivity contribution < 1.29 is 23.6 Å². The fourth-order valence-corrected chi connectivity index (χ4v) is 6.24. The molecule has 6 rings (SSSR count). The maximum Gasteiger partial charge on any atom is 0.338 e. The zero-order valence-electron chi connectivity index (χ0n) is 22.1. The average molecular weight is 569 g/mol. The lowest BCUT2D eigenvalue weighted by Gasteiger charge is -2.31. The standard InChI is InChI=1S/C30H30Cl2N2O5/c1-30(2,3)38-29(36)17-9-11-18(12-10-17)34-19-13-20(28(34)35)24(14-19)37-15-21-26(33-39-27(21)16-7-8-16)25-22(31)5-4-6-23(25)32/h4-6,9-12,16,19-20,24H,7-8,13-15H2,1-3H3/t19-,20+,24+/m0/s1. The van der Waals surface area contributed by atoms with Crippen LogP contribution < -0.4 is 4.90 Å². The van der Waals surface area contributed by atoms with Crippen LogP contribution in [0.5, 0.6) is 0 Å². The molecule has 39 heavy (non-hydrogen) atoms. The third kappa shape index (κ3) is 5.08. The van der Waals surface area contributed by atoms with Crippen molar-refractivity contribution in [3.63, 3.8) is 0 Å². The van der Waals surface area contributed by atoms with Gasteiger partial charge in [0.25, 0.3) is 0 Å². The van der Waals surface area contributed by atoms with Gasteiger partial charge in [0.1, 0.15) is 17.1 Å². The summed E-state index contributed by atoms with van der Waals surface area (Å²) in [6, 6.07) is 12.4. The molecule has 3 aliphatic rings. The summed E-state index contributed by atoms with van der Waals surface area (Å²) in [6.45, 7) is 5.78. The summed E-state index contributed by atoms with van der Waals surface area (Å²) in [7, 11) is 0. The molecule has 2 aromatic carbocycles. The van der Waals surface area contributed by atoms with Gasteiger partial charge >= 0.3 is 5.97 Å². The molecule has 0 spiro atoms. The molecule has 3 aromatic rings. The smallest absolute Gasteiger partial charge is 0.338 e. The Morgan fingerprint density at radius 1 is 1.08 bits per heavy atom. The van der Waals surface area contributed by atoms with E-state index in [0.717, 1.165) is 42.7 Å². The molecule has 3 fully saturated rings. The maximum atomic E-state index is 13.4. The number of anilines is 1. The highest BCUT2D eigenvalue weighted by atomic mass is 35.5. The fourth-order valence-electron chi connectivity index (χ4n) is 5.66. The van der Waals surface area contributed by atoms with Crippen LogP contribution in [0, 0.1) is 5.92 Å². The highest BCUT2D eigenvalue weighted by Gasteiger charge is 2.52. The molecule has 1 amide bonds. The normalized spacial score (nSPS) is 22.5. The van der Waals surface area contributed by atoms with Gasteiger partial charge in [0.2, 0.25) is 5.91 Å². The molecule has 2 saturated carbocycles. The Balaban J connectivity index is 1.16. The zero-order valence-corrected chi connectivity index (χ0v) is 23.6. The highest BCUT2D eigenvalue weighted by molar-refractivity contribution is 6.39. The number of carbonyl (C=O) groups is 2. The van der Waals surface area contributed by atoms with Crippen molar-refractivity contribution in [3.05, 3.63) is 69.4 Å². The summed E-state index contributed by atoms with van der Waals surface area (Å²) in [6.07, 6.45) is 3.37. The molecule has 0 radical (unpaired) electrons. The predicted octanol–water partition coefficient (Wildman–Crippen LogP) is 7.19. The van der Waals surface area contributed by atoms with Crippen molar-refractivity contribution in [1.82, 2.24) is 5.16 Å². The minimum atomic E-state index is -0.568. The first-order valence-corrected chi connectivity index (χ1v) is 14.1. The number of piperidine rings is 1. The molecular formula is C30H30Cl2N2O5. The number of esters is 1. The van der Waals surface area contributed by atoms with Crippen LogP contribution in [0.15, 0.2) is 47.0 Å². The number of nitrogens with zero attached hydrogens (tertiary/aromatic N) is 2. The largest absolute Gasteiger partial charge is 0.456 e. The number of rotatable bonds is 7. The third-order valence-electron chi connectivity index (χ3n) is 7.59. The molecule has 2 heterocycles. The number of ether oxygens (including phenoxy) is 2. The monoisotopic (exact) mass is 568 g/mol. The number of aromatic nitrogens is 1. The minimum absolute atomic E-state index is 0.0442. The van der Waals surface area contributed by atoms with Gasteiger partial charge in [-0.25, -0.2) is 4.79 Å². The Kier molecular flexibility index (Phi) is 6.72. The summed E-state index contributed by atoms with van der Waals surface area (Å²) in [5.41, 5.74) is 2.78. The zero-order chi connectivity index (χ0) is 27.5. The van der Waals surface area contributed by atoms with E-state index in [2.05, 4.69) is 5.16 Å². The summed E-state index contributed by atoms with van der Waals surface area (Å²) in [5.74, 6) is 0.586. The van der Waals surface area contributed by atoms with E-state index in [-0.39, 0.29) is 36.5 Å². The van der Waals surface area contributed by atoms with E-state index in [1.165, 1.54) is 0 Å². The first kappa shape index (κ1) is 26.4. The second kappa shape index (κ2) is 9.95. The van der Waals surface area contributed by atoms with E-state index < -0.39 is 5.60 Å². The van der Waals surface area contributed by atoms with E-state index in [1.807, 2.05) is 37.8 Å². The molecule has 1 aliphatic heterocycles. The van der Waals surface area contributed by atoms with Crippen LogP contribution in [0.3, 0.4) is 0 Å². The van der Waals surface area contributed by atoms with Crippen molar-refractivity contribution in [1.29, 1.82) is 0 Å². The number of amides is 1. The fraction of sp³-hybridized carbons (Fsp3) is 0.433. The Hall–Kier alpha value is -2.87. The van der Waals surface area contributed by atoms with Crippen LogP contribution in [0.4, 0.5) is 5.69 Å². The van der Waals surface area contributed by atoms with E-state index in [0.29, 0.717) is 32.8 Å². The molecule has 0 unspecified atom stereocenters. The van der Waals surface area contributed by atoms with Gasteiger partial charge in [-0.3, -0.25) is 4.79 Å². The van der Waals surface area contributed by atoms with Crippen molar-refractivity contribution in [2.45, 2.75) is 76.7 Å². The molecule has 9 heteroatoms. The lowest BCUT2D eigenvalue weighted by Crippen LogP contribution is -2.43. The quantitative estimate of drug-likeness (QED) is 0.280. The minimum Gasteiger partial charge on any atom is -0.456 e. The highest BCUT2D eigenvalue weighted by Crippen LogP contribution is 2.47. The van der Waals surface area contributed by atoms with Crippen molar-refractivity contribution in [3.8, 4) is 11.3 Å². The van der Waals surface area contributed by atoms with Crippen LogP contribution in [0.25, 0.3) is 11.3 Å². The number of halogens is 2. The van der Waals surface area contributed by atoms with Gasteiger partial charge in [0, 0.05) is 28.8 Å². The lowest BCUT2D eigenvalue weighted by atomic mass is 10.0. The molecule has 1 saturated heterocycles. The van der Waals surface area contributed by atoms with E-state index >= 15 is 0 Å². The van der Waals surface area contributed by atoms with Gasteiger partial charge in [-0.1, -0.05) is 34.4 Å². The number of carbonyl (C=O) groups excluding carboxylic acids is 2. The molecule has 204 valence electrons. The first-order valence-electron chi connectivity index (χ1n) is 13.3. The Morgan fingerprint density at radius 3 is 2.38 bits per heavy atom. The van der Waals surface area contributed by atoms with E-state index in [1.54, 1.807) is 30.3 Å². The molecule has 2 bridgehead atoms. The molecule has 7 nitrogen and oxygen atoms in total. The molecule has 2 aliphatic carbocycles. The lowest BCUT2D eigenvalue weighted by molar-refractivity contribution is -0.126. The third-order valence-corrected chi connectivity index (χ3v) is 8.22. The number of hydrogen-bond donors (Lipinski definition) is 0. The van der Waals surface area contributed by atoms with Gasteiger partial charge in [-0.15, -0.1) is 0 Å². The van der Waals surface area contributed by atoms with Gasteiger partial charge in [0.05, 0.1) is 34.2 Å². The van der Waals surface area contributed by atoms with Crippen LogP contribution in [-0.4, -0.2) is 34.8 Å². The molecule has 0 N–H and O–H groups in total. The van der Waals surface area contributed by atoms with Crippen LogP contribution >= 0.6 is 23.2 Å². The number of hydrogen-bond acceptors (Lipinski definition) is 6. The van der Waals surface area contributed by atoms with Gasteiger partial charge in [-0.05, 0) is 82.9 Å². The van der Waals surface area contributed by atoms with Crippen LogP contribution in [0.2, 0.25) is 10.0 Å². The SMILES string of the molecule is CC(C)(C)OC(=O)c1ccc(N2C(=O)[C@@H]3C[C@H]2C[C@H]3OCc2c(-c3c(Cl)cccc3Cl)noc2C2CC2)cc1. The summed E-state index contributed by atoms with van der Waals surface area (Å²) in [4.78, 5) is 27.6. The molecule has 3 atom stereocenters. The van der Waals surface area contributed by atoms with E-state index in [9.17, 15) is 9.59 Å². The average Bonchev–Trinajstić information content (AvgIpc) is 3.38. The van der Waals surface area contributed by atoms with Crippen molar-refractivity contribution in [2.75, 3.05) is 4.90 Å². The van der Waals surface area contributed by atoms with Gasteiger partial charge < -0.3 is 18.9 Å². The molecule has 1 aromatic heterocycles. The predicted molar refractivity (Wildman–Crippen MR) is 148 cm³/mol. The molecular weight excluding hydrogens is 539 g/mol. The second-order valence-electron chi connectivity index (χ2n) is 11.6. The summed E-state index contributed by atoms with van der Waals surface area (Å²) >= 11 is 13.0. The number of benzene rings is 2.